The molecule has 3 rings (SSSR count). The number of hydrogen-bond acceptors (Lipinski definition) is 0. The van der Waals surface area contributed by atoms with E-state index in [0.29, 0.717) is 0 Å². The van der Waals surface area contributed by atoms with Crippen molar-refractivity contribution in [3.63, 3.8) is 0 Å². The first-order valence-electron chi connectivity index (χ1n) is 5.55. The van der Waals surface area contributed by atoms with Gasteiger partial charge in [0.25, 0.3) is 0 Å². The molecule has 1 aromatic carbocycles. The molecule has 1 aromatic rings. The quantitative estimate of drug-likeness (QED) is 0.566. The molecule has 2 unspecified atom stereocenters. The van der Waals surface area contributed by atoms with Gasteiger partial charge in [-0.3, -0.25) is 0 Å². The van der Waals surface area contributed by atoms with Crippen molar-refractivity contribution in [2.75, 3.05) is 0 Å². The first-order valence-corrected chi connectivity index (χ1v) is 5.93. The molecule has 0 radical (unpaired) electrons. The molecule has 0 aliphatic heterocycles. The van der Waals surface area contributed by atoms with Crippen LogP contribution in [0.5, 0.6) is 0 Å². The maximum Gasteiger partial charge on any atom is 0.0700 e. The first kappa shape index (κ1) is 8.79. The van der Waals surface area contributed by atoms with Crippen LogP contribution in [0.15, 0.2) is 24.3 Å². The van der Waals surface area contributed by atoms with Gasteiger partial charge in [0.15, 0.2) is 0 Å². The molecule has 0 heterocycles. The highest BCUT2D eigenvalue weighted by molar-refractivity contribution is 6.24. The van der Waals surface area contributed by atoms with Gasteiger partial charge in [0.1, 0.15) is 0 Å². The minimum atomic E-state index is -0.0161. The van der Waals surface area contributed by atoms with Crippen LogP contribution >= 0.6 is 11.6 Å². The molecule has 1 saturated carbocycles. The zero-order valence-electron chi connectivity index (χ0n) is 8.30. The van der Waals surface area contributed by atoms with E-state index in [1.165, 1.54) is 43.2 Å². The fraction of sp³-hybridized carbons (Fsp3) is 0.538. The van der Waals surface area contributed by atoms with Gasteiger partial charge in [0.2, 0.25) is 0 Å². The van der Waals surface area contributed by atoms with Crippen molar-refractivity contribution in [2.45, 2.75) is 37.0 Å². The number of fused-ring (bicyclic) bond motifs is 4. The molecule has 2 aliphatic carbocycles. The summed E-state index contributed by atoms with van der Waals surface area (Å²) in [6, 6.07) is 8.74. The fourth-order valence-corrected chi connectivity index (χ4v) is 3.73. The van der Waals surface area contributed by atoms with Gasteiger partial charge in [-0.25, -0.2) is 0 Å². The molecular weight excluding hydrogens is 192 g/mol. The van der Waals surface area contributed by atoms with Crippen LogP contribution in [-0.4, -0.2) is 0 Å². The Kier molecular flexibility index (Phi) is 1.88. The summed E-state index contributed by atoms with van der Waals surface area (Å²) in [4.78, 5) is -0.0161. The van der Waals surface area contributed by atoms with Crippen LogP contribution in [0.2, 0.25) is 0 Å². The standard InChI is InChI=1S/C13H15Cl/c14-13-7-3-4-10(9-13)8-11-5-1-2-6-12(11)13/h1-2,5-6,10H,3-4,7-9H2. The highest BCUT2D eigenvalue weighted by Crippen LogP contribution is 2.50. The van der Waals surface area contributed by atoms with E-state index >= 15 is 0 Å². The summed E-state index contributed by atoms with van der Waals surface area (Å²) in [5, 5.41) is 0. The van der Waals surface area contributed by atoms with Gasteiger partial charge in [-0.2, -0.15) is 0 Å². The molecule has 0 amide bonds. The third-order valence-corrected chi connectivity index (χ3v) is 4.35. The summed E-state index contributed by atoms with van der Waals surface area (Å²) in [5.41, 5.74) is 2.91. The summed E-state index contributed by atoms with van der Waals surface area (Å²) < 4.78 is 0. The van der Waals surface area contributed by atoms with Gasteiger partial charge in [0, 0.05) is 0 Å². The van der Waals surface area contributed by atoms with Gasteiger partial charge in [-0.15, -0.1) is 11.6 Å². The molecular formula is C13H15Cl. The second-order valence-electron chi connectivity index (χ2n) is 4.79. The number of hydrogen-bond donors (Lipinski definition) is 0. The van der Waals surface area contributed by atoms with E-state index in [2.05, 4.69) is 24.3 Å². The Hall–Kier alpha value is -0.490. The third kappa shape index (κ3) is 1.20. The second kappa shape index (κ2) is 3.00. The normalized spacial score (nSPS) is 35.1. The van der Waals surface area contributed by atoms with E-state index < -0.39 is 0 Å². The molecule has 0 nitrogen and oxygen atoms in total. The SMILES string of the molecule is ClC12CCCC(Cc3ccccc31)C2. The van der Waals surface area contributed by atoms with Gasteiger partial charge in [-0.05, 0) is 42.7 Å². The predicted molar refractivity (Wildman–Crippen MR) is 59.6 cm³/mol. The van der Waals surface area contributed by atoms with E-state index in [9.17, 15) is 0 Å². The largest absolute Gasteiger partial charge is 0.114 e. The summed E-state index contributed by atoms with van der Waals surface area (Å²) in [5.74, 6) is 0.844. The highest BCUT2D eigenvalue weighted by atomic mass is 35.5. The minimum Gasteiger partial charge on any atom is -0.114 e. The van der Waals surface area contributed by atoms with Gasteiger partial charge >= 0.3 is 0 Å². The molecule has 0 N–H and O–H groups in total. The molecule has 2 aliphatic rings. The number of rotatable bonds is 0. The predicted octanol–water partition coefficient (Wildman–Crippen LogP) is 3.87. The Morgan fingerprint density at radius 1 is 1.29 bits per heavy atom. The number of halogens is 1. The lowest BCUT2D eigenvalue weighted by atomic mass is 9.69. The molecule has 1 fully saturated rings. The average Bonchev–Trinajstić information content (AvgIpc) is 2.17. The molecule has 2 atom stereocenters. The van der Waals surface area contributed by atoms with Crippen LogP contribution in [0.25, 0.3) is 0 Å². The van der Waals surface area contributed by atoms with Crippen LogP contribution in [0, 0.1) is 5.92 Å². The van der Waals surface area contributed by atoms with Crippen molar-refractivity contribution in [1.29, 1.82) is 0 Å². The topological polar surface area (TPSA) is 0 Å². The van der Waals surface area contributed by atoms with Crippen molar-refractivity contribution in [2.24, 2.45) is 5.92 Å². The van der Waals surface area contributed by atoms with Crippen molar-refractivity contribution in [3.8, 4) is 0 Å². The Balaban J connectivity index is 2.13. The van der Waals surface area contributed by atoms with Crippen molar-refractivity contribution < 1.29 is 0 Å². The van der Waals surface area contributed by atoms with Gasteiger partial charge < -0.3 is 0 Å². The van der Waals surface area contributed by atoms with E-state index in [4.69, 9.17) is 11.6 Å². The lowest BCUT2D eigenvalue weighted by Crippen LogP contribution is -2.34. The zero-order chi connectivity index (χ0) is 9.60. The summed E-state index contributed by atoms with van der Waals surface area (Å²) in [7, 11) is 0. The van der Waals surface area contributed by atoms with Crippen LogP contribution in [0.1, 0.15) is 36.8 Å². The Morgan fingerprint density at radius 2 is 2.14 bits per heavy atom. The summed E-state index contributed by atoms with van der Waals surface area (Å²) >= 11 is 6.74. The van der Waals surface area contributed by atoms with Crippen molar-refractivity contribution >= 4 is 11.6 Å². The highest BCUT2D eigenvalue weighted by Gasteiger charge is 2.40. The average molecular weight is 207 g/mol. The first-order chi connectivity index (χ1) is 6.78. The molecule has 14 heavy (non-hydrogen) atoms. The summed E-state index contributed by atoms with van der Waals surface area (Å²) in [6.45, 7) is 0. The molecule has 2 bridgehead atoms. The Morgan fingerprint density at radius 3 is 3.07 bits per heavy atom. The molecule has 0 saturated heterocycles. The van der Waals surface area contributed by atoms with Crippen molar-refractivity contribution in [1.82, 2.24) is 0 Å². The Bertz CT molecular complexity index is 358. The molecule has 0 aromatic heterocycles. The second-order valence-corrected chi connectivity index (χ2v) is 5.51. The van der Waals surface area contributed by atoms with E-state index in [0.717, 1.165) is 5.92 Å². The van der Waals surface area contributed by atoms with Crippen LogP contribution < -0.4 is 0 Å². The minimum absolute atomic E-state index is 0.0161. The molecule has 0 spiro atoms. The van der Waals surface area contributed by atoms with Crippen LogP contribution in [0.4, 0.5) is 0 Å². The Labute approximate surface area is 90.3 Å². The van der Waals surface area contributed by atoms with Crippen LogP contribution in [0.3, 0.4) is 0 Å². The van der Waals surface area contributed by atoms with E-state index in [1.54, 1.807) is 0 Å². The van der Waals surface area contributed by atoms with E-state index in [-0.39, 0.29) is 4.87 Å². The zero-order valence-corrected chi connectivity index (χ0v) is 9.06. The van der Waals surface area contributed by atoms with E-state index in [1.807, 2.05) is 0 Å². The van der Waals surface area contributed by atoms with Crippen molar-refractivity contribution in [3.05, 3.63) is 35.4 Å². The lowest BCUT2D eigenvalue weighted by molar-refractivity contribution is 0.269. The van der Waals surface area contributed by atoms with Gasteiger partial charge in [-0.1, -0.05) is 30.7 Å². The smallest absolute Gasteiger partial charge is 0.0700 e. The van der Waals surface area contributed by atoms with Gasteiger partial charge in [0.05, 0.1) is 4.87 Å². The monoisotopic (exact) mass is 206 g/mol. The van der Waals surface area contributed by atoms with Crippen LogP contribution in [-0.2, 0) is 11.3 Å². The molecule has 1 heteroatoms. The summed E-state index contributed by atoms with van der Waals surface area (Å²) in [6.07, 6.45) is 6.31. The fourth-order valence-electron chi connectivity index (χ4n) is 3.20. The number of alkyl halides is 1. The third-order valence-electron chi connectivity index (χ3n) is 3.81. The molecule has 74 valence electrons. The maximum atomic E-state index is 6.74. The number of benzene rings is 1. The lowest BCUT2D eigenvalue weighted by Gasteiger charge is -2.42. The maximum absolute atomic E-state index is 6.74.